The van der Waals surface area contributed by atoms with Gasteiger partial charge in [0.2, 0.25) is 0 Å². The molecule has 2 aromatic heterocycles. The van der Waals surface area contributed by atoms with Crippen molar-refractivity contribution in [3.8, 4) is 5.75 Å². The van der Waals surface area contributed by atoms with Crippen molar-refractivity contribution in [2.24, 2.45) is 7.05 Å². The zero-order valence-electron chi connectivity index (χ0n) is 11.5. The molecule has 1 aliphatic heterocycles. The molecule has 7 nitrogen and oxygen atoms in total. The van der Waals surface area contributed by atoms with Crippen molar-refractivity contribution in [1.29, 1.82) is 0 Å². The Labute approximate surface area is 117 Å². The minimum Gasteiger partial charge on any atom is -0.483 e. The molecule has 1 saturated heterocycles. The normalized spacial score (nSPS) is 23.3. The lowest BCUT2D eigenvalue weighted by atomic mass is 10.3. The van der Waals surface area contributed by atoms with Crippen molar-refractivity contribution < 1.29 is 9.84 Å². The van der Waals surface area contributed by atoms with E-state index in [1.165, 1.54) is 0 Å². The highest BCUT2D eigenvalue weighted by Crippen LogP contribution is 2.18. The second-order valence-corrected chi connectivity index (χ2v) is 5.10. The van der Waals surface area contributed by atoms with E-state index in [9.17, 15) is 5.11 Å². The van der Waals surface area contributed by atoms with Crippen LogP contribution in [0, 0.1) is 0 Å². The molecule has 0 amide bonds. The van der Waals surface area contributed by atoms with E-state index < -0.39 is 6.10 Å². The van der Waals surface area contributed by atoms with Crippen LogP contribution in [-0.4, -0.2) is 61.4 Å². The van der Waals surface area contributed by atoms with Gasteiger partial charge in [-0.05, 0) is 6.07 Å². The predicted molar refractivity (Wildman–Crippen MR) is 72.3 cm³/mol. The van der Waals surface area contributed by atoms with Crippen LogP contribution in [0.2, 0.25) is 0 Å². The molecule has 2 atom stereocenters. The molecular formula is C13H19N5O2. The molecule has 0 bridgehead atoms. The summed E-state index contributed by atoms with van der Waals surface area (Å²) in [5, 5.41) is 18.3. The van der Waals surface area contributed by atoms with Crippen LogP contribution in [0.3, 0.4) is 0 Å². The number of aromatic nitrogens is 4. The topological polar surface area (TPSA) is 68.3 Å². The van der Waals surface area contributed by atoms with E-state index in [4.69, 9.17) is 4.74 Å². The van der Waals surface area contributed by atoms with E-state index in [0.717, 1.165) is 19.6 Å². The fourth-order valence-corrected chi connectivity index (χ4v) is 2.44. The number of hydrogen-bond donors (Lipinski definition) is 1. The Morgan fingerprint density at radius 1 is 1.35 bits per heavy atom. The van der Waals surface area contributed by atoms with Crippen molar-refractivity contribution in [3.63, 3.8) is 0 Å². The molecule has 3 rings (SSSR count). The van der Waals surface area contributed by atoms with Gasteiger partial charge in [0.05, 0.1) is 18.9 Å². The molecule has 1 fully saturated rings. The van der Waals surface area contributed by atoms with Gasteiger partial charge in [-0.25, -0.2) is 0 Å². The van der Waals surface area contributed by atoms with E-state index in [2.05, 4.69) is 15.1 Å². The van der Waals surface area contributed by atoms with Gasteiger partial charge in [0.1, 0.15) is 12.2 Å². The maximum Gasteiger partial charge on any atom is 0.157 e. The fourth-order valence-electron chi connectivity index (χ4n) is 2.44. The van der Waals surface area contributed by atoms with Gasteiger partial charge in [-0.15, -0.1) is 0 Å². The van der Waals surface area contributed by atoms with Crippen molar-refractivity contribution in [2.45, 2.75) is 18.8 Å². The van der Waals surface area contributed by atoms with E-state index in [1.54, 1.807) is 23.3 Å². The van der Waals surface area contributed by atoms with Crippen LogP contribution in [0.25, 0.3) is 0 Å². The first-order valence-corrected chi connectivity index (χ1v) is 6.74. The summed E-state index contributed by atoms with van der Waals surface area (Å²) in [7, 11) is 1.84. The first kappa shape index (κ1) is 13.1. The van der Waals surface area contributed by atoms with Gasteiger partial charge in [-0.3, -0.25) is 14.3 Å². The number of ether oxygens (including phenoxy) is 1. The number of aliphatic hydroxyl groups excluding tert-OH is 1. The number of hydrogen-bond acceptors (Lipinski definition) is 5. The fraction of sp³-hybridized carbons (Fsp3) is 0.538. The molecule has 0 unspecified atom stereocenters. The Morgan fingerprint density at radius 2 is 2.25 bits per heavy atom. The van der Waals surface area contributed by atoms with E-state index in [1.807, 2.05) is 24.0 Å². The Balaban J connectivity index is 1.51. The van der Waals surface area contributed by atoms with Gasteiger partial charge in [-0.1, -0.05) is 0 Å². The van der Waals surface area contributed by atoms with Gasteiger partial charge in [0, 0.05) is 39.1 Å². The number of nitrogens with zero attached hydrogens (tertiary/aromatic N) is 5. The average Bonchev–Trinajstić information content (AvgIpc) is 3.11. The second-order valence-electron chi connectivity index (χ2n) is 5.10. The summed E-state index contributed by atoms with van der Waals surface area (Å²) >= 11 is 0. The zero-order valence-corrected chi connectivity index (χ0v) is 11.5. The maximum absolute atomic E-state index is 10.1. The van der Waals surface area contributed by atoms with Gasteiger partial charge in [0.25, 0.3) is 0 Å². The van der Waals surface area contributed by atoms with E-state index >= 15 is 0 Å². The van der Waals surface area contributed by atoms with Gasteiger partial charge < -0.3 is 9.84 Å². The highest BCUT2D eigenvalue weighted by atomic mass is 16.5. The summed E-state index contributed by atoms with van der Waals surface area (Å²) < 4.78 is 9.36. The van der Waals surface area contributed by atoms with Crippen LogP contribution in [0.5, 0.6) is 5.75 Å². The van der Waals surface area contributed by atoms with Crippen LogP contribution < -0.4 is 4.74 Å². The number of aryl methyl sites for hydroxylation is 1. The predicted octanol–water partition coefficient (Wildman–Crippen LogP) is -0.259. The zero-order chi connectivity index (χ0) is 13.9. The monoisotopic (exact) mass is 277 g/mol. The van der Waals surface area contributed by atoms with Crippen LogP contribution >= 0.6 is 0 Å². The van der Waals surface area contributed by atoms with E-state index in [-0.39, 0.29) is 6.10 Å². The molecule has 2 aromatic rings. The summed E-state index contributed by atoms with van der Waals surface area (Å²) in [6.45, 7) is 3.02. The summed E-state index contributed by atoms with van der Waals surface area (Å²) in [5.41, 5.74) is 0. The quantitative estimate of drug-likeness (QED) is 0.815. The number of rotatable bonds is 5. The standard InChI is InChI=1S/C13H19N5O2/c1-16-8-11(7-15-16)20-13-10-17(9-12(13)19)5-6-18-4-2-3-14-18/h2-4,7-8,12-13,19H,5-6,9-10H2,1H3/t12-,13-/m1/s1. The molecule has 0 spiro atoms. The summed E-state index contributed by atoms with van der Waals surface area (Å²) in [5.74, 6) is 0.700. The molecule has 3 heterocycles. The van der Waals surface area contributed by atoms with Crippen LogP contribution in [0.1, 0.15) is 0 Å². The molecule has 0 saturated carbocycles. The molecular weight excluding hydrogens is 258 g/mol. The molecule has 1 aliphatic rings. The van der Waals surface area contributed by atoms with Crippen LogP contribution in [0.4, 0.5) is 0 Å². The lowest BCUT2D eigenvalue weighted by molar-refractivity contribution is 0.0736. The smallest absolute Gasteiger partial charge is 0.157 e. The van der Waals surface area contributed by atoms with Crippen LogP contribution in [0.15, 0.2) is 30.9 Å². The third kappa shape index (κ3) is 3.00. The van der Waals surface area contributed by atoms with Crippen molar-refractivity contribution in [3.05, 3.63) is 30.9 Å². The third-order valence-corrected chi connectivity index (χ3v) is 3.49. The maximum atomic E-state index is 10.1. The molecule has 0 radical (unpaired) electrons. The first-order chi connectivity index (χ1) is 9.70. The largest absolute Gasteiger partial charge is 0.483 e. The minimum atomic E-state index is -0.465. The SMILES string of the molecule is Cn1cc(O[C@@H]2CN(CCn3cccn3)C[C@H]2O)cn1. The molecule has 108 valence electrons. The summed E-state index contributed by atoms with van der Waals surface area (Å²) in [6.07, 6.45) is 6.52. The van der Waals surface area contributed by atoms with Gasteiger partial charge >= 0.3 is 0 Å². The molecule has 0 aliphatic carbocycles. The Bertz CT molecular complexity index is 539. The Hall–Kier alpha value is -1.86. The molecule has 1 N–H and O–H groups in total. The van der Waals surface area contributed by atoms with E-state index in [0.29, 0.717) is 12.3 Å². The summed E-state index contributed by atoms with van der Waals surface area (Å²) in [6, 6.07) is 1.91. The number of likely N-dealkylation sites (tertiary alicyclic amines) is 1. The average molecular weight is 277 g/mol. The Kier molecular flexibility index (Phi) is 3.70. The van der Waals surface area contributed by atoms with Crippen LogP contribution in [-0.2, 0) is 13.6 Å². The molecule has 0 aromatic carbocycles. The lowest BCUT2D eigenvalue weighted by Crippen LogP contribution is -2.30. The highest BCUT2D eigenvalue weighted by molar-refractivity contribution is 5.12. The van der Waals surface area contributed by atoms with Gasteiger partial charge in [-0.2, -0.15) is 10.2 Å². The van der Waals surface area contributed by atoms with Crippen molar-refractivity contribution in [2.75, 3.05) is 19.6 Å². The summed E-state index contributed by atoms with van der Waals surface area (Å²) in [4.78, 5) is 2.19. The minimum absolute atomic E-state index is 0.197. The number of β-amino-alcohol motifs (C(OH)–C–C–N with tert-alkyl or cyclic N) is 1. The molecule has 20 heavy (non-hydrogen) atoms. The highest BCUT2D eigenvalue weighted by Gasteiger charge is 2.32. The third-order valence-electron chi connectivity index (χ3n) is 3.49. The van der Waals surface area contributed by atoms with Crippen molar-refractivity contribution >= 4 is 0 Å². The van der Waals surface area contributed by atoms with Crippen molar-refractivity contribution in [1.82, 2.24) is 24.5 Å². The second kappa shape index (κ2) is 5.64. The lowest BCUT2D eigenvalue weighted by Gasteiger charge is -2.16. The number of aliphatic hydroxyl groups is 1. The molecule has 7 heteroatoms. The van der Waals surface area contributed by atoms with Gasteiger partial charge in [0.15, 0.2) is 5.75 Å². The Morgan fingerprint density at radius 3 is 2.95 bits per heavy atom. The first-order valence-electron chi connectivity index (χ1n) is 6.74.